The van der Waals surface area contributed by atoms with Crippen LogP contribution in [0.1, 0.15) is 11.1 Å². The van der Waals surface area contributed by atoms with Gasteiger partial charge < -0.3 is 19.3 Å². The fourth-order valence-electron chi connectivity index (χ4n) is 2.93. The molecule has 0 amide bonds. The molecular formula is C20H24O4S. The van der Waals surface area contributed by atoms with E-state index >= 15 is 0 Å². The van der Waals surface area contributed by atoms with Gasteiger partial charge in [-0.25, -0.2) is 0 Å². The Morgan fingerprint density at radius 2 is 1.48 bits per heavy atom. The molecule has 5 heteroatoms. The van der Waals surface area contributed by atoms with Crippen molar-refractivity contribution in [1.29, 1.82) is 0 Å². The van der Waals surface area contributed by atoms with Crippen LogP contribution in [0, 0.1) is 0 Å². The number of hydrogen-bond donors (Lipinski definition) is 1. The fraction of sp³-hybridized carbons (Fsp3) is 0.400. The Balaban J connectivity index is 1.56. The van der Waals surface area contributed by atoms with E-state index in [1.165, 1.54) is 11.8 Å². The van der Waals surface area contributed by atoms with Crippen molar-refractivity contribution in [2.45, 2.75) is 36.1 Å². The van der Waals surface area contributed by atoms with Gasteiger partial charge in [-0.1, -0.05) is 60.7 Å². The van der Waals surface area contributed by atoms with Crippen molar-refractivity contribution in [3.8, 4) is 0 Å². The lowest BCUT2D eigenvalue weighted by atomic mass is 10.1. The van der Waals surface area contributed by atoms with E-state index < -0.39 is 5.44 Å². The smallest absolute Gasteiger partial charge is 0.128 e. The minimum atomic E-state index is -0.601. The maximum atomic E-state index is 10.2. The van der Waals surface area contributed by atoms with E-state index in [2.05, 4.69) is 0 Å². The third kappa shape index (κ3) is 5.06. The second kappa shape index (κ2) is 9.36. The Bertz CT molecular complexity index is 622. The first-order valence-corrected chi connectivity index (χ1v) is 9.35. The molecule has 0 spiro atoms. The summed E-state index contributed by atoms with van der Waals surface area (Å²) < 4.78 is 17.4. The lowest BCUT2D eigenvalue weighted by Crippen LogP contribution is -2.38. The molecule has 1 N–H and O–H groups in total. The molecule has 1 aliphatic rings. The number of aliphatic hydroxyl groups is 1. The second-order valence-electron chi connectivity index (χ2n) is 6.03. The Labute approximate surface area is 153 Å². The van der Waals surface area contributed by atoms with Crippen molar-refractivity contribution in [2.24, 2.45) is 0 Å². The molecule has 1 heterocycles. The van der Waals surface area contributed by atoms with E-state index in [-0.39, 0.29) is 17.5 Å². The van der Waals surface area contributed by atoms with Gasteiger partial charge in [0.15, 0.2) is 0 Å². The summed E-state index contributed by atoms with van der Waals surface area (Å²) in [5, 5.41) is 10.3. The van der Waals surface area contributed by atoms with Crippen molar-refractivity contribution >= 4 is 11.8 Å². The third-order valence-corrected chi connectivity index (χ3v) is 5.54. The maximum Gasteiger partial charge on any atom is 0.128 e. The lowest BCUT2D eigenvalue weighted by molar-refractivity contribution is -0.0868. The summed E-state index contributed by atoms with van der Waals surface area (Å²) in [6.07, 6.45) is -0.556. The Kier molecular flexibility index (Phi) is 6.90. The molecule has 1 fully saturated rings. The standard InChI is InChI=1S/C20H24O4S/c1-22-19-18(24-13-16-10-6-3-7-11-16)17(25-20(19)21)14-23-12-15-8-4-2-5-9-15/h2-11,17-21H,12-14H2,1H3/t17-,18-,19+,20?/m1/s1. The van der Waals surface area contributed by atoms with E-state index in [9.17, 15) is 5.11 Å². The van der Waals surface area contributed by atoms with Crippen LogP contribution >= 0.6 is 11.8 Å². The molecule has 3 rings (SSSR count). The molecule has 0 aromatic heterocycles. The van der Waals surface area contributed by atoms with Crippen molar-refractivity contribution < 1.29 is 19.3 Å². The van der Waals surface area contributed by atoms with E-state index in [0.717, 1.165) is 11.1 Å². The number of thioether (sulfide) groups is 1. The van der Waals surface area contributed by atoms with Gasteiger partial charge in [-0.3, -0.25) is 0 Å². The molecule has 0 radical (unpaired) electrons. The van der Waals surface area contributed by atoms with Gasteiger partial charge in [0.1, 0.15) is 17.6 Å². The van der Waals surface area contributed by atoms with E-state index in [0.29, 0.717) is 19.8 Å². The molecule has 0 bridgehead atoms. The summed E-state index contributed by atoms with van der Waals surface area (Å²) in [7, 11) is 1.61. The summed E-state index contributed by atoms with van der Waals surface area (Å²) in [6.45, 7) is 1.56. The molecule has 4 nitrogen and oxygen atoms in total. The highest BCUT2D eigenvalue weighted by Gasteiger charge is 2.44. The van der Waals surface area contributed by atoms with Crippen molar-refractivity contribution in [2.75, 3.05) is 13.7 Å². The monoisotopic (exact) mass is 360 g/mol. The largest absolute Gasteiger partial charge is 0.380 e. The fourth-order valence-corrected chi connectivity index (χ4v) is 4.27. The molecule has 0 aliphatic carbocycles. The number of ether oxygens (including phenoxy) is 3. The molecule has 4 atom stereocenters. The van der Waals surface area contributed by atoms with Gasteiger partial charge in [0.25, 0.3) is 0 Å². The quantitative estimate of drug-likeness (QED) is 0.783. The summed E-state index contributed by atoms with van der Waals surface area (Å²) in [6, 6.07) is 20.1. The highest BCUT2D eigenvalue weighted by Crippen LogP contribution is 2.37. The van der Waals surface area contributed by atoms with Crippen LogP contribution in [-0.2, 0) is 27.4 Å². The van der Waals surface area contributed by atoms with Gasteiger partial charge in [-0.15, -0.1) is 11.8 Å². The Morgan fingerprint density at radius 1 is 0.880 bits per heavy atom. The number of hydrogen-bond acceptors (Lipinski definition) is 5. The van der Waals surface area contributed by atoms with Crippen molar-refractivity contribution in [3.63, 3.8) is 0 Å². The zero-order valence-corrected chi connectivity index (χ0v) is 15.1. The second-order valence-corrected chi connectivity index (χ2v) is 7.39. The van der Waals surface area contributed by atoms with Crippen molar-refractivity contribution in [1.82, 2.24) is 0 Å². The SMILES string of the molecule is CO[C@@H]1C(O)S[C@H](COCc2ccccc2)[C@H]1OCc1ccccc1. The van der Waals surface area contributed by atoms with Gasteiger partial charge >= 0.3 is 0 Å². The minimum Gasteiger partial charge on any atom is -0.380 e. The van der Waals surface area contributed by atoms with Crippen LogP contribution in [0.2, 0.25) is 0 Å². The number of aliphatic hydroxyl groups excluding tert-OH is 1. The Morgan fingerprint density at radius 3 is 2.08 bits per heavy atom. The highest BCUT2D eigenvalue weighted by atomic mass is 32.2. The number of rotatable bonds is 8. The van der Waals surface area contributed by atoms with Crippen LogP contribution in [0.15, 0.2) is 60.7 Å². The van der Waals surface area contributed by atoms with Gasteiger partial charge in [-0.05, 0) is 11.1 Å². The van der Waals surface area contributed by atoms with E-state index in [4.69, 9.17) is 14.2 Å². The third-order valence-electron chi connectivity index (χ3n) is 4.24. The van der Waals surface area contributed by atoms with Crippen LogP contribution in [0.25, 0.3) is 0 Å². The summed E-state index contributed by atoms with van der Waals surface area (Å²) >= 11 is 1.46. The topological polar surface area (TPSA) is 47.9 Å². The zero-order valence-electron chi connectivity index (χ0n) is 14.3. The molecule has 2 aromatic carbocycles. The van der Waals surface area contributed by atoms with Crippen LogP contribution in [0.3, 0.4) is 0 Å². The zero-order chi connectivity index (χ0) is 17.5. The van der Waals surface area contributed by atoms with Crippen LogP contribution in [-0.4, -0.2) is 41.7 Å². The van der Waals surface area contributed by atoms with Crippen molar-refractivity contribution in [3.05, 3.63) is 71.8 Å². The number of benzene rings is 2. The molecule has 25 heavy (non-hydrogen) atoms. The summed E-state index contributed by atoms with van der Waals surface area (Å²) in [5.74, 6) is 0. The predicted octanol–water partition coefficient (Wildman–Crippen LogP) is 3.24. The van der Waals surface area contributed by atoms with Gasteiger partial charge in [-0.2, -0.15) is 0 Å². The van der Waals surface area contributed by atoms with E-state index in [1.807, 2.05) is 60.7 Å². The lowest BCUT2D eigenvalue weighted by Gasteiger charge is -2.24. The van der Waals surface area contributed by atoms with E-state index in [1.54, 1.807) is 7.11 Å². The molecular weight excluding hydrogens is 336 g/mol. The molecule has 1 unspecified atom stereocenters. The molecule has 0 saturated carbocycles. The van der Waals surface area contributed by atoms with Gasteiger partial charge in [0.05, 0.1) is 25.1 Å². The highest BCUT2D eigenvalue weighted by molar-refractivity contribution is 8.00. The molecule has 2 aromatic rings. The van der Waals surface area contributed by atoms with Crippen LogP contribution < -0.4 is 0 Å². The molecule has 134 valence electrons. The predicted molar refractivity (Wildman–Crippen MR) is 99.3 cm³/mol. The summed E-state index contributed by atoms with van der Waals surface area (Å²) in [4.78, 5) is 0. The summed E-state index contributed by atoms with van der Waals surface area (Å²) in [5.41, 5.74) is 1.64. The number of methoxy groups -OCH3 is 1. The first-order valence-electron chi connectivity index (χ1n) is 8.41. The Hall–Kier alpha value is -1.37. The van der Waals surface area contributed by atoms with Crippen LogP contribution in [0.5, 0.6) is 0 Å². The molecule has 1 saturated heterocycles. The van der Waals surface area contributed by atoms with Gasteiger partial charge in [0, 0.05) is 7.11 Å². The first-order chi connectivity index (χ1) is 12.3. The normalized spacial score (nSPS) is 26.0. The van der Waals surface area contributed by atoms with Crippen LogP contribution in [0.4, 0.5) is 0 Å². The molecule has 1 aliphatic heterocycles. The minimum absolute atomic E-state index is 0.0346. The maximum absolute atomic E-state index is 10.2. The first kappa shape index (κ1) is 18.4. The average molecular weight is 360 g/mol. The average Bonchev–Trinajstić information content (AvgIpc) is 2.96. The van der Waals surface area contributed by atoms with Gasteiger partial charge in [0.2, 0.25) is 0 Å².